The van der Waals surface area contributed by atoms with Crippen molar-refractivity contribution in [3.8, 4) is 0 Å². The summed E-state index contributed by atoms with van der Waals surface area (Å²) in [5.74, 6) is 0.903. The molecule has 0 aliphatic carbocycles. The van der Waals surface area contributed by atoms with E-state index >= 15 is 0 Å². The lowest BCUT2D eigenvalue weighted by atomic mass is 9.94. The molecule has 2 heteroatoms. The lowest BCUT2D eigenvalue weighted by molar-refractivity contribution is 0.361. The molecule has 0 amide bonds. The Morgan fingerprint density at radius 3 is 2.21 bits per heavy atom. The van der Waals surface area contributed by atoms with E-state index < -0.39 is 0 Å². The molecule has 1 saturated heterocycles. The van der Waals surface area contributed by atoms with Gasteiger partial charge < -0.3 is 10.6 Å². The Hall–Kier alpha value is -1.02. The van der Waals surface area contributed by atoms with Crippen LogP contribution in [0.1, 0.15) is 41.5 Å². The third kappa shape index (κ3) is 3.50. The molecule has 0 atom stereocenters. The highest BCUT2D eigenvalue weighted by Gasteiger charge is 2.13. The van der Waals surface area contributed by atoms with E-state index in [1.165, 1.54) is 60.3 Å². The topological polar surface area (TPSA) is 24.1 Å². The lowest BCUT2D eigenvalue weighted by Gasteiger charge is -2.23. The van der Waals surface area contributed by atoms with Gasteiger partial charge in [0.1, 0.15) is 0 Å². The molecular weight excluding hydrogens is 232 g/mol. The largest absolute Gasteiger partial charge is 0.385 e. The Morgan fingerprint density at radius 1 is 1.05 bits per heavy atom. The summed E-state index contributed by atoms with van der Waals surface area (Å²) in [6.45, 7) is 12.4. The number of benzene rings is 1. The normalized spacial score (nSPS) is 16.6. The summed E-state index contributed by atoms with van der Waals surface area (Å²) >= 11 is 0. The van der Waals surface area contributed by atoms with Crippen LogP contribution in [0.3, 0.4) is 0 Å². The van der Waals surface area contributed by atoms with Crippen molar-refractivity contribution < 1.29 is 0 Å². The molecular formula is C17H28N2. The molecule has 106 valence electrons. The number of nitrogens with one attached hydrogen (secondary N) is 2. The van der Waals surface area contributed by atoms with Crippen LogP contribution in [0.15, 0.2) is 6.07 Å². The molecule has 1 aromatic carbocycles. The maximum atomic E-state index is 3.69. The first kappa shape index (κ1) is 14.4. The maximum absolute atomic E-state index is 3.69. The fourth-order valence-corrected chi connectivity index (χ4v) is 3.05. The number of hydrogen-bond donors (Lipinski definition) is 2. The average Bonchev–Trinajstić information content (AvgIpc) is 2.42. The van der Waals surface area contributed by atoms with Crippen molar-refractivity contribution in [2.24, 2.45) is 5.92 Å². The number of piperidine rings is 1. The van der Waals surface area contributed by atoms with Gasteiger partial charge in [0.05, 0.1) is 0 Å². The quantitative estimate of drug-likeness (QED) is 0.862. The van der Waals surface area contributed by atoms with E-state index in [9.17, 15) is 0 Å². The Bertz CT molecular complexity index is 405. The molecule has 0 bridgehead atoms. The summed E-state index contributed by atoms with van der Waals surface area (Å²) in [4.78, 5) is 0. The van der Waals surface area contributed by atoms with Crippen molar-refractivity contribution in [2.75, 3.05) is 25.0 Å². The molecule has 1 aliphatic rings. The fourth-order valence-electron chi connectivity index (χ4n) is 3.05. The number of rotatable bonds is 4. The molecule has 2 rings (SSSR count). The summed E-state index contributed by atoms with van der Waals surface area (Å²) < 4.78 is 0. The number of aryl methyl sites for hydroxylation is 2. The van der Waals surface area contributed by atoms with E-state index in [0.717, 1.165) is 12.5 Å². The van der Waals surface area contributed by atoms with Gasteiger partial charge in [-0.2, -0.15) is 0 Å². The zero-order valence-corrected chi connectivity index (χ0v) is 12.9. The maximum Gasteiger partial charge on any atom is 0.0404 e. The Morgan fingerprint density at radius 2 is 1.63 bits per heavy atom. The van der Waals surface area contributed by atoms with Gasteiger partial charge in [-0.1, -0.05) is 6.07 Å². The third-order valence-corrected chi connectivity index (χ3v) is 4.68. The molecule has 0 radical (unpaired) electrons. The van der Waals surface area contributed by atoms with E-state index in [-0.39, 0.29) is 0 Å². The average molecular weight is 260 g/mol. The standard InChI is InChI=1S/C17H28N2/c1-12-11-13(2)15(4)17(14(12)3)19-10-7-16-5-8-18-9-6-16/h11,16,18-19H,5-10H2,1-4H3. The van der Waals surface area contributed by atoms with Crippen LogP contribution in [0, 0.1) is 33.6 Å². The summed E-state index contributed by atoms with van der Waals surface area (Å²) in [7, 11) is 0. The molecule has 0 spiro atoms. The molecule has 1 aliphatic heterocycles. The summed E-state index contributed by atoms with van der Waals surface area (Å²) in [5.41, 5.74) is 6.98. The minimum Gasteiger partial charge on any atom is -0.385 e. The SMILES string of the molecule is Cc1cc(C)c(C)c(NCCC2CCNCC2)c1C. The van der Waals surface area contributed by atoms with E-state index in [2.05, 4.69) is 44.4 Å². The van der Waals surface area contributed by atoms with Gasteiger partial charge in [0.15, 0.2) is 0 Å². The van der Waals surface area contributed by atoms with Crippen LogP contribution >= 0.6 is 0 Å². The number of anilines is 1. The second-order valence-electron chi connectivity index (χ2n) is 6.04. The highest BCUT2D eigenvalue weighted by molar-refractivity contribution is 5.62. The van der Waals surface area contributed by atoms with Crippen molar-refractivity contribution in [2.45, 2.75) is 47.0 Å². The predicted molar refractivity (Wildman–Crippen MR) is 84.1 cm³/mol. The summed E-state index contributed by atoms with van der Waals surface area (Å²) in [5, 5.41) is 7.13. The monoisotopic (exact) mass is 260 g/mol. The molecule has 2 N–H and O–H groups in total. The summed E-state index contributed by atoms with van der Waals surface area (Å²) in [6, 6.07) is 2.29. The van der Waals surface area contributed by atoms with Gasteiger partial charge in [-0.15, -0.1) is 0 Å². The van der Waals surface area contributed by atoms with Crippen LogP contribution in [0.2, 0.25) is 0 Å². The van der Waals surface area contributed by atoms with Gasteiger partial charge in [-0.05, 0) is 88.2 Å². The van der Waals surface area contributed by atoms with Gasteiger partial charge in [0.2, 0.25) is 0 Å². The van der Waals surface area contributed by atoms with Gasteiger partial charge in [-0.3, -0.25) is 0 Å². The highest BCUT2D eigenvalue weighted by atomic mass is 14.9. The van der Waals surface area contributed by atoms with Crippen LogP contribution in [0.5, 0.6) is 0 Å². The third-order valence-electron chi connectivity index (χ3n) is 4.68. The molecule has 1 heterocycles. The molecule has 0 aromatic heterocycles. The zero-order valence-electron chi connectivity index (χ0n) is 12.9. The molecule has 1 fully saturated rings. The van der Waals surface area contributed by atoms with E-state index in [4.69, 9.17) is 0 Å². The van der Waals surface area contributed by atoms with Crippen LogP contribution in [-0.4, -0.2) is 19.6 Å². The molecule has 2 nitrogen and oxygen atoms in total. The van der Waals surface area contributed by atoms with Crippen molar-refractivity contribution in [3.05, 3.63) is 28.3 Å². The molecule has 1 aromatic rings. The first-order valence-corrected chi connectivity index (χ1v) is 7.61. The number of hydrogen-bond acceptors (Lipinski definition) is 2. The van der Waals surface area contributed by atoms with E-state index in [1.54, 1.807) is 0 Å². The fraction of sp³-hybridized carbons (Fsp3) is 0.647. The second kappa shape index (κ2) is 6.42. The first-order valence-electron chi connectivity index (χ1n) is 7.61. The van der Waals surface area contributed by atoms with Crippen molar-refractivity contribution in [1.82, 2.24) is 5.32 Å². The van der Waals surface area contributed by atoms with Gasteiger partial charge in [-0.25, -0.2) is 0 Å². The predicted octanol–water partition coefficient (Wildman–Crippen LogP) is 3.72. The second-order valence-corrected chi connectivity index (χ2v) is 6.04. The first-order chi connectivity index (χ1) is 9.09. The van der Waals surface area contributed by atoms with Crippen LogP contribution < -0.4 is 10.6 Å². The van der Waals surface area contributed by atoms with Gasteiger partial charge in [0.25, 0.3) is 0 Å². The van der Waals surface area contributed by atoms with Crippen LogP contribution in [-0.2, 0) is 0 Å². The zero-order chi connectivity index (χ0) is 13.8. The Kier molecular flexibility index (Phi) is 4.87. The summed E-state index contributed by atoms with van der Waals surface area (Å²) in [6.07, 6.45) is 3.98. The molecule has 0 saturated carbocycles. The minimum absolute atomic E-state index is 0.903. The Balaban J connectivity index is 1.95. The van der Waals surface area contributed by atoms with Gasteiger partial charge >= 0.3 is 0 Å². The van der Waals surface area contributed by atoms with E-state index in [1.807, 2.05) is 0 Å². The highest BCUT2D eigenvalue weighted by Crippen LogP contribution is 2.27. The van der Waals surface area contributed by atoms with Crippen molar-refractivity contribution in [1.29, 1.82) is 0 Å². The molecule has 19 heavy (non-hydrogen) atoms. The van der Waals surface area contributed by atoms with Crippen molar-refractivity contribution in [3.63, 3.8) is 0 Å². The smallest absolute Gasteiger partial charge is 0.0404 e. The van der Waals surface area contributed by atoms with Crippen LogP contribution in [0.25, 0.3) is 0 Å². The van der Waals surface area contributed by atoms with E-state index in [0.29, 0.717) is 0 Å². The van der Waals surface area contributed by atoms with Crippen LogP contribution in [0.4, 0.5) is 5.69 Å². The van der Waals surface area contributed by atoms with Gasteiger partial charge in [0, 0.05) is 12.2 Å². The minimum atomic E-state index is 0.903. The lowest BCUT2D eigenvalue weighted by Crippen LogP contribution is -2.28. The van der Waals surface area contributed by atoms with Crippen molar-refractivity contribution >= 4 is 5.69 Å². The Labute approximate surface area is 118 Å². The molecule has 0 unspecified atom stereocenters.